The van der Waals surface area contributed by atoms with Gasteiger partial charge in [-0.2, -0.15) is 0 Å². The average molecular weight is 279 g/mol. The van der Waals surface area contributed by atoms with E-state index in [1.807, 2.05) is 24.3 Å². The standard InChI is InChI=1S/C8H10INO2/c1-10(11)12-6-7-3-2-4-8(9)5-7/h2-5,11H,6H2,1H3. The molecule has 1 rings (SSSR count). The van der Waals surface area contributed by atoms with Crippen LogP contribution in [0.5, 0.6) is 0 Å². The summed E-state index contributed by atoms with van der Waals surface area (Å²) >= 11 is 2.23. The molecule has 0 aliphatic carbocycles. The summed E-state index contributed by atoms with van der Waals surface area (Å²) < 4.78 is 1.16. The Morgan fingerprint density at radius 1 is 1.58 bits per heavy atom. The Morgan fingerprint density at radius 3 is 2.92 bits per heavy atom. The van der Waals surface area contributed by atoms with Crippen LogP contribution in [0.3, 0.4) is 0 Å². The van der Waals surface area contributed by atoms with E-state index in [-0.39, 0.29) is 0 Å². The Balaban J connectivity index is 2.52. The predicted molar refractivity (Wildman–Crippen MR) is 53.5 cm³/mol. The maximum atomic E-state index is 8.69. The Bertz CT molecular complexity index is 253. The fourth-order valence-corrected chi connectivity index (χ4v) is 1.40. The van der Waals surface area contributed by atoms with Gasteiger partial charge in [-0.25, -0.2) is 0 Å². The molecule has 0 atom stereocenters. The highest BCUT2D eigenvalue weighted by Gasteiger charge is 1.95. The molecule has 66 valence electrons. The van der Waals surface area contributed by atoms with E-state index in [4.69, 9.17) is 10.0 Å². The highest BCUT2D eigenvalue weighted by Crippen LogP contribution is 2.08. The first kappa shape index (κ1) is 9.91. The summed E-state index contributed by atoms with van der Waals surface area (Å²) in [6, 6.07) is 7.92. The Kier molecular flexibility index (Phi) is 3.93. The van der Waals surface area contributed by atoms with Gasteiger partial charge in [0.15, 0.2) is 0 Å². The van der Waals surface area contributed by atoms with E-state index in [0.717, 1.165) is 9.13 Å². The van der Waals surface area contributed by atoms with Gasteiger partial charge >= 0.3 is 0 Å². The fraction of sp³-hybridized carbons (Fsp3) is 0.250. The van der Waals surface area contributed by atoms with Crippen LogP contribution in [0.15, 0.2) is 24.3 Å². The molecule has 0 saturated carbocycles. The monoisotopic (exact) mass is 279 g/mol. The molecule has 0 radical (unpaired) electrons. The van der Waals surface area contributed by atoms with E-state index >= 15 is 0 Å². The minimum absolute atomic E-state index is 0.393. The largest absolute Gasteiger partial charge is 0.290 e. The number of hydrogen-bond donors (Lipinski definition) is 1. The molecule has 0 spiro atoms. The summed E-state index contributed by atoms with van der Waals surface area (Å²) in [4.78, 5) is 4.87. The maximum Gasteiger partial charge on any atom is 0.0962 e. The van der Waals surface area contributed by atoms with Crippen molar-refractivity contribution in [2.45, 2.75) is 6.61 Å². The van der Waals surface area contributed by atoms with Crippen molar-refractivity contribution in [3.8, 4) is 0 Å². The van der Waals surface area contributed by atoms with E-state index in [1.165, 1.54) is 7.05 Å². The topological polar surface area (TPSA) is 32.7 Å². The minimum atomic E-state index is 0.393. The van der Waals surface area contributed by atoms with Gasteiger partial charge in [0, 0.05) is 10.6 Å². The third-order valence-electron chi connectivity index (χ3n) is 1.31. The molecule has 0 fully saturated rings. The van der Waals surface area contributed by atoms with E-state index in [9.17, 15) is 0 Å². The van der Waals surface area contributed by atoms with Crippen LogP contribution < -0.4 is 0 Å². The van der Waals surface area contributed by atoms with E-state index < -0.39 is 0 Å². The molecule has 0 aromatic heterocycles. The molecule has 0 saturated heterocycles. The summed E-state index contributed by atoms with van der Waals surface area (Å²) in [6.07, 6.45) is 0. The van der Waals surface area contributed by atoms with Crippen LogP contribution in [0.1, 0.15) is 5.56 Å². The molecule has 1 aromatic rings. The Morgan fingerprint density at radius 2 is 2.33 bits per heavy atom. The summed E-state index contributed by atoms with van der Waals surface area (Å²) in [5.41, 5.74) is 1.04. The van der Waals surface area contributed by atoms with Crippen molar-refractivity contribution in [1.82, 2.24) is 5.23 Å². The number of hydrogen-bond acceptors (Lipinski definition) is 3. The number of benzene rings is 1. The lowest BCUT2D eigenvalue weighted by Crippen LogP contribution is -2.12. The lowest BCUT2D eigenvalue weighted by Gasteiger charge is -2.08. The molecule has 0 heterocycles. The lowest BCUT2D eigenvalue weighted by molar-refractivity contribution is -0.330. The maximum absolute atomic E-state index is 8.69. The summed E-state index contributed by atoms with van der Waals surface area (Å²) in [7, 11) is 1.44. The van der Waals surface area contributed by atoms with E-state index in [1.54, 1.807) is 0 Å². The van der Waals surface area contributed by atoms with Crippen LogP contribution in [-0.2, 0) is 11.4 Å². The second-order valence-electron chi connectivity index (χ2n) is 2.37. The highest BCUT2D eigenvalue weighted by molar-refractivity contribution is 14.1. The molecule has 4 heteroatoms. The van der Waals surface area contributed by atoms with Crippen molar-refractivity contribution in [1.29, 1.82) is 0 Å². The molecule has 1 aromatic carbocycles. The van der Waals surface area contributed by atoms with E-state index in [0.29, 0.717) is 11.8 Å². The lowest BCUT2D eigenvalue weighted by atomic mass is 10.2. The summed E-state index contributed by atoms with van der Waals surface area (Å²) in [5, 5.41) is 9.40. The van der Waals surface area contributed by atoms with Gasteiger partial charge in [-0.1, -0.05) is 17.4 Å². The third-order valence-corrected chi connectivity index (χ3v) is 1.98. The van der Waals surface area contributed by atoms with Gasteiger partial charge in [0.05, 0.1) is 6.61 Å². The molecule has 0 unspecified atom stereocenters. The summed E-state index contributed by atoms with van der Waals surface area (Å²) in [6.45, 7) is 0.393. The quantitative estimate of drug-likeness (QED) is 0.679. The van der Waals surface area contributed by atoms with Crippen molar-refractivity contribution >= 4 is 22.6 Å². The zero-order chi connectivity index (χ0) is 8.97. The molecule has 1 N–H and O–H groups in total. The zero-order valence-electron chi connectivity index (χ0n) is 6.70. The first-order chi connectivity index (χ1) is 5.68. The van der Waals surface area contributed by atoms with Crippen LogP contribution in [0.2, 0.25) is 0 Å². The minimum Gasteiger partial charge on any atom is -0.290 e. The Hall–Kier alpha value is -0.170. The third kappa shape index (κ3) is 3.48. The van der Waals surface area contributed by atoms with Gasteiger partial charge < -0.3 is 0 Å². The Labute approximate surface area is 85.0 Å². The molecular weight excluding hydrogens is 269 g/mol. The first-order valence-electron chi connectivity index (χ1n) is 3.48. The van der Waals surface area contributed by atoms with Gasteiger partial charge in [0.2, 0.25) is 0 Å². The zero-order valence-corrected chi connectivity index (χ0v) is 8.85. The van der Waals surface area contributed by atoms with Gasteiger partial charge in [0.1, 0.15) is 0 Å². The van der Waals surface area contributed by atoms with Crippen molar-refractivity contribution in [2.24, 2.45) is 0 Å². The van der Waals surface area contributed by atoms with Gasteiger partial charge in [-0.05, 0) is 40.3 Å². The number of rotatable bonds is 3. The average Bonchev–Trinajstić information content (AvgIpc) is 2.01. The van der Waals surface area contributed by atoms with Crippen LogP contribution >= 0.6 is 22.6 Å². The van der Waals surface area contributed by atoms with Crippen molar-refractivity contribution in [2.75, 3.05) is 7.05 Å². The van der Waals surface area contributed by atoms with Crippen molar-refractivity contribution in [3.05, 3.63) is 33.4 Å². The SMILES string of the molecule is CN(O)OCc1cccc(I)c1. The second kappa shape index (κ2) is 4.76. The fourth-order valence-electron chi connectivity index (χ4n) is 0.795. The number of hydroxylamine groups is 2. The molecular formula is C8H10INO2. The second-order valence-corrected chi connectivity index (χ2v) is 3.61. The van der Waals surface area contributed by atoms with Crippen LogP contribution in [-0.4, -0.2) is 17.5 Å². The van der Waals surface area contributed by atoms with Crippen LogP contribution in [0, 0.1) is 3.57 Å². The van der Waals surface area contributed by atoms with Gasteiger partial charge in [-0.3, -0.25) is 10.0 Å². The smallest absolute Gasteiger partial charge is 0.0962 e. The number of nitrogens with zero attached hydrogens (tertiary/aromatic N) is 1. The van der Waals surface area contributed by atoms with E-state index in [2.05, 4.69) is 22.6 Å². The predicted octanol–water partition coefficient (Wildman–Crippen LogP) is 2.04. The molecule has 12 heavy (non-hydrogen) atoms. The van der Waals surface area contributed by atoms with Crippen LogP contribution in [0.4, 0.5) is 0 Å². The highest BCUT2D eigenvalue weighted by atomic mass is 127. The normalized spacial score (nSPS) is 10.7. The molecule has 0 aliphatic heterocycles. The summed E-state index contributed by atoms with van der Waals surface area (Å²) in [5.74, 6) is 0. The van der Waals surface area contributed by atoms with Crippen molar-refractivity contribution in [3.63, 3.8) is 0 Å². The first-order valence-corrected chi connectivity index (χ1v) is 4.56. The molecule has 3 nitrogen and oxygen atoms in total. The van der Waals surface area contributed by atoms with Crippen molar-refractivity contribution < 1.29 is 10.0 Å². The molecule has 0 bridgehead atoms. The number of halogens is 1. The molecule has 0 aliphatic rings. The molecule has 0 amide bonds. The van der Waals surface area contributed by atoms with Gasteiger partial charge in [-0.15, -0.1) is 0 Å². The van der Waals surface area contributed by atoms with Crippen LogP contribution in [0.25, 0.3) is 0 Å². The van der Waals surface area contributed by atoms with Gasteiger partial charge in [0.25, 0.3) is 0 Å².